The summed E-state index contributed by atoms with van der Waals surface area (Å²) in [6.45, 7) is 4.20. The van der Waals surface area contributed by atoms with Crippen molar-refractivity contribution in [2.24, 2.45) is 22.7 Å². The van der Waals surface area contributed by atoms with E-state index in [-0.39, 0.29) is 10.8 Å². The van der Waals surface area contributed by atoms with Crippen molar-refractivity contribution < 1.29 is 4.79 Å². The van der Waals surface area contributed by atoms with E-state index in [0.29, 0.717) is 16.5 Å². The summed E-state index contributed by atoms with van der Waals surface area (Å²) in [6, 6.07) is 0. The molecular formula is C9H11BrO. The third-order valence-electron chi connectivity index (χ3n) is 4.11. The SMILES string of the molecule is CC1(C)C(=O)C23C[C@@H](Br)[C@@H]2[C@@H]13. The summed E-state index contributed by atoms with van der Waals surface area (Å²) >= 11 is 3.61. The summed E-state index contributed by atoms with van der Waals surface area (Å²) in [5, 5.41) is 0. The highest BCUT2D eigenvalue weighted by Crippen LogP contribution is 2.87. The molecule has 11 heavy (non-hydrogen) atoms. The average Bonchev–Trinajstić information content (AvgIpc) is 2.48. The Morgan fingerprint density at radius 2 is 2.18 bits per heavy atom. The maximum atomic E-state index is 11.6. The van der Waals surface area contributed by atoms with Crippen LogP contribution in [-0.2, 0) is 4.79 Å². The van der Waals surface area contributed by atoms with Crippen LogP contribution in [0.25, 0.3) is 0 Å². The standard InChI is InChI=1S/C9H11BrO/c1-8(2)6-5-4(10)3-9(5,6)7(8)11/h4-6H,3H2,1-2H3/t4-,5-,6+,9?/m1/s1. The molecule has 1 unspecified atom stereocenters. The molecule has 0 aromatic carbocycles. The van der Waals surface area contributed by atoms with E-state index in [2.05, 4.69) is 29.8 Å². The zero-order valence-corrected chi connectivity index (χ0v) is 8.31. The summed E-state index contributed by atoms with van der Waals surface area (Å²) in [7, 11) is 0. The minimum atomic E-state index is 0.0210. The van der Waals surface area contributed by atoms with Crippen LogP contribution in [0.15, 0.2) is 0 Å². The number of carbonyl (C=O) groups is 1. The van der Waals surface area contributed by atoms with Crippen molar-refractivity contribution in [3.05, 3.63) is 0 Å². The van der Waals surface area contributed by atoms with Crippen molar-refractivity contribution in [1.82, 2.24) is 0 Å². The molecule has 0 bridgehead atoms. The molecule has 4 atom stereocenters. The molecule has 0 radical (unpaired) electrons. The largest absolute Gasteiger partial charge is 0.298 e. The van der Waals surface area contributed by atoms with Gasteiger partial charge >= 0.3 is 0 Å². The number of fused-ring (bicyclic) bond motifs is 1. The smallest absolute Gasteiger partial charge is 0.145 e. The van der Waals surface area contributed by atoms with E-state index in [1.807, 2.05) is 0 Å². The van der Waals surface area contributed by atoms with E-state index in [9.17, 15) is 4.79 Å². The number of hydrogen-bond acceptors (Lipinski definition) is 1. The molecule has 1 nitrogen and oxygen atoms in total. The summed E-state index contributed by atoms with van der Waals surface area (Å²) in [5.41, 5.74) is 0.227. The molecule has 0 N–H and O–H groups in total. The van der Waals surface area contributed by atoms with Gasteiger partial charge in [0.1, 0.15) is 5.78 Å². The summed E-state index contributed by atoms with van der Waals surface area (Å²) < 4.78 is 0. The second-order valence-corrected chi connectivity index (χ2v) is 5.99. The Labute approximate surface area is 74.7 Å². The first-order valence-corrected chi connectivity index (χ1v) is 5.13. The van der Waals surface area contributed by atoms with Crippen LogP contribution >= 0.6 is 15.9 Å². The van der Waals surface area contributed by atoms with Crippen LogP contribution in [0, 0.1) is 22.7 Å². The Balaban J connectivity index is 2.01. The maximum absolute atomic E-state index is 11.6. The lowest BCUT2D eigenvalue weighted by molar-refractivity contribution is -0.145. The fraction of sp³-hybridized carbons (Fsp3) is 0.889. The Morgan fingerprint density at radius 3 is 2.55 bits per heavy atom. The zero-order chi connectivity index (χ0) is 8.02. The number of alkyl halides is 1. The van der Waals surface area contributed by atoms with E-state index in [1.165, 1.54) is 0 Å². The maximum Gasteiger partial charge on any atom is 0.145 e. The van der Waals surface area contributed by atoms with Crippen LogP contribution in [0.2, 0.25) is 0 Å². The van der Waals surface area contributed by atoms with Crippen molar-refractivity contribution in [3.8, 4) is 0 Å². The first kappa shape index (κ1) is 6.64. The second kappa shape index (κ2) is 1.34. The molecule has 3 rings (SSSR count). The van der Waals surface area contributed by atoms with Gasteiger partial charge in [-0.2, -0.15) is 0 Å². The molecule has 0 aliphatic heterocycles. The Morgan fingerprint density at radius 1 is 1.55 bits per heavy atom. The minimum absolute atomic E-state index is 0.0210. The second-order valence-electron chi connectivity index (χ2n) is 4.81. The van der Waals surface area contributed by atoms with Crippen molar-refractivity contribution >= 4 is 21.7 Å². The molecule has 0 amide bonds. The molecule has 2 heteroatoms. The van der Waals surface area contributed by atoms with Gasteiger partial charge in [0, 0.05) is 15.7 Å². The van der Waals surface area contributed by atoms with Gasteiger partial charge in [0.2, 0.25) is 0 Å². The lowest BCUT2D eigenvalue weighted by Crippen LogP contribution is -2.49. The van der Waals surface area contributed by atoms with Gasteiger partial charge in [0.15, 0.2) is 0 Å². The molecule has 0 aromatic rings. The van der Waals surface area contributed by atoms with E-state index in [1.54, 1.807) is 0 Å². The number of hydrogen-bond donors (Lipinski definition) is 0. The normalized spacial score (nSPS) is 62.1. The lowest BCUT2D eigenvalue weighted by atomic mass is 9.61. The molecule has 0 heterocycles. The Bertz CT molecular complexity index is 271. The van der Waals surface area contributed by atoms with Gasteiger partial charge in [0.25, 0.3) is 0 Å². The van der Waals surface area contributed by atoms with Gasteiger partial charge in [-0.15, -0.1) is 0 Å². The fourth-order valence-electron chi connectivity index (χ4n) is 3.69. The number of rotatable bonds is 0. The van der Waals surface area contributed by atoms with E-state index < -0.39 is 0 Å². The number of Topliss-reactive ketones (excluding diaryl/α,β-unsaturated/α-hetero) is 1. The molecule has 3 saturated carbocycles. The lowest BCUT2D eigenvalue weighted by Gasteiger charge is -2.41. The highest BCUT2D eigenvalue weighted by Gasteiger charge is 2.90. The predicted octanol–water partition coefficient (Wildman–Crippen LogP) is 1.99. The topological polar surface area (TPSA) is 17.1 Å². The average molecular weight is 215 g/mol. The van der Waals surface area contributed by atoms with Gasteiger partial charge in [-0.1, -0.05) is 29.8 Å². The van der Waals surface area contributed by atoms with Gasteiger partial charge < -0.3 is 0 Å². The Hall–Kier alpha value is 0.150. The number of carbonyl (C=O) groups excluding carboxylic acids is 1. The van der Waals surface area contributed by atoms with Crippen LogP contribution in [0.4, 0.5) is 0 Å². The van der Waals surface area contributed by atoms with Crippen LogP contribution < -0.4 is 0 Å². The molecule has 0 saturated heterocycles. The molecule has 1 spiro atoms. The molecule has 60 valence electrons. The van der Waals surface area contributed by atoms with Gasteiger partial charge in [0.05, 0.1) is 0 Å². The molecule has 3 fully saturated rings. The molecule has 0 aromatic heterocycles. The van der Waals surface area contributed by atoms with E-state index in [0.717, 1.165) is 12.3 Å². The van der Waals surface area contributed by atoms with Gasteiger partial charge in [-0.05, 0) is 18.3 Å². The first-order chi connectivity index (χ1) is 5.03. The van der Waals surface area contributed by atoms with Crippen LogP contribution in [-0.4, -0.2) is 10.6 Å². The van der Waals surface area contributed by atoms with Crippen LogP contribution in [0.1, 0.15) is 20.3 Å². The zero-order valence-electron chi connectivity index (χ0n) is 6.73. The van der Waals surface area contributed by atoms with Crippen LogP contribution in [0.3, 0.4) is 0 Å². The van der Waals surface area contributed by atoms with Crippen molar-refractivity contribution in [3.63, 3.8) is 0 Å². The predicted molar refractivity (Wildman–Crippen MR) is 45.5 cm³/mol. The van der Waals surface area contributed by atoms with Crippen molar-refractivity contribution in [2.45, 2.75) is 25.1 Å². The van der Waals surface area contributed by atoms with Crippen molar-refractivity contribution in [1.29, 1.82) is 0 Å². The Kier molecular flexibility index (Phi) is 0.811. The van der Waals surface area contributed by atoms with Crippen molar-refractivity contribution in [2.75, 3.05) is 0 Å². The van der Waals surface area contributed by atoms with Gasteiger partial charge in [-0.3, -0.25) is 4.79 Å². The number of ketones is 1. The minimum Gasteiger partial charge on any atom is -0.298 e. The third-order valence-corrected chi connectivity index (χ3v) is 5.00. The molecule has 3 aliphatic carbocycles. The van der Waals surface area contributed by atoms with Crippen LogP contribution in [0.5, 0.6) is 0 Å². The highest BCUT2D eigenvalue weighted by molar-refractivity contribution is 9.09. The quantitative estimate of drug-likeness (QED) is 0.565. The summed E-state index contributed by atoms with van der Waals surface area (Å²) in [6.07, 6.45) is 1.12. The highest BCUT2D eigenvalue weighted by atomic mass is 79.9. The molecule has 3 aliphatic rings. The molecular weight excluding hydrogens is 204 g/mol. The van der Waals surface area contributed by atoms with E-state index >= 15 is 0 Å². The summed E-state index contributed by atoms with van der Waals surface area (Å²) in [5.74, 6) is 1.98. The fourth-order valence-corrected chi connectivity index (χ4v) is 5.01. The summed E-state index contributed by atoms with van der Waals surface area (Å²) in [4.78, 5) is 12.3. The number of halogens is 1. The third kappa shape index (κ3) is 0.398. The monoisotopic (exact) mass is 214 g/mol. The van der Waals surface area contributed by atoms with Gasteiger partial charge in [-0.25, -0.2) is 0 Å². The van der Waals surface area contributed by atoms with E-state index in [4.69, 9.17) is 0 Å². The first-order valence-electron chi connectivity index (χ1n) is 4.22.